The quantitative estimate of drug-likeness (QED) is 0.759. The van der Waals surface area contributed by atoms with E-state index >= 15 is 0 Å². The second kappa shape index (κ2) is 4.56. The van der Waals surface area contributed by atoms with Gasteiger partial charge < -0.3 is 4.90 Å². The second-order valence-corrected chi connectivity index (χ2v) is 4.31. The lowest BCUT2D eigenvalue weighted by Gasteiger charge is -2.18. The van der Waals surface area contributed by atoms with E-state index in [-0.39, 0.29) is 5.69 Å². The fraction of sp³-hybridized carbons (Fsp3) is 0.154. The van der Waals surface area contributed by atoms with Crippen LogP contribution < -0.4 is 10.6 Å². The zero-order valence-corrected chi connectivity index (χ0v) is 10.4. The molecule has 0 radical (unpaired) electrons. The second-order valence-electron chi connectivity index (χ2n) is 4.31. The minimum Gasteiger partial charge on any atom is -0.341 e. The SMILES string of the molecule is CN(Cc1ccccc1)c1nccc2n[nH]c(=O)n12. The summed E-state index contributed by atoms with van der Waals surface area (Å²) in [4.78, 5) is 17.9. The largest absolute Gasteiger partial charge is 0.350 e. The molecule has 1 N–H and O–H groups in total. The van der Waals surface area contributed by atoms with Crippen molar-refractivity contribution in [3.05, 3.63) is 58.6 Å². The summed E-state index contributed by atoms with van der Waals surface area (Å²) in [6, 6.07) is 11.7. The van der Waals surface area contributed by atoms with Gasteiger partial charge in [-0.1, -0.05) is 30.3 Å². The molecule has 96 valence electrons. The Balaban J connectivity index is 2.00. The van der Waals surface area contributed by atoms with Gasteiger partial charge in [0.2, 0.25) is 5.95 Å². The first-order valence-electron chi connectivity index (χ1n) is 5.93. The Kier molecular flexibility index (Phi) is 2.75. The summed E-state index contributed by atoms with van der Waals surface area (Å²) in [7, 11) is 1.90. The fourth-order valence-electron chi connectivity index (χ4n) is 2.04. The van der Waals surface area contributed by atoms with Crippen LogP contribution in [0.1, 0.15) is 5.56 Å². The first-order chi connectivity index (χ1) is 9.25. The van der Waals surface area contributed by atoms with Crippen LogP contribution in [0.3, 0.4) is 0 Å². The zero-order chi connectivity index (χ0) is 13.2. The lowest BCUT2D eigenvalue weighted by atomic mass is 10.2. The number of benzene rings is 1. The fourth-order valence-corrected chi connectivity index (χ4v) is 2.04. The summed E-state index contributed by atoms with van der Waals surface area (Å²) in [5, 5.41) is 6.35. The molecule has 0 spiro atoms. The van der Waals surface area contributed by atoms with Crippen molar-refractivity contribution in [3.8, 4) is 0 Å². The van der Waals surface area contributed by atoms with Gasteiger partial charge in [-0.15, -0.1) is 0 Å². The van der Waals surface area contributed by atoms with Crippen LogP contribution in [0, 0.1) is 0 Å². The standard InChI is InChI=1S/C13H13N5O/c1-17(9-10-5-3-2-4-6-10)12-14-8-7-11-15-16-13(19)18(11)12/h2-8H,9H2,1H3,(H,16,19). The molecule has 1 aromatic carbocycles. The summed E-state index contributed by atoms with van der Waals surface area (Å²) in [5.41, 5.74) is 1.44. The van der Waals surface area contributed by atoms with Gasteiger partial charge in [-0.05, 0) is 5.56 Å². The van der Waals surface area contributed by atoms with E-state index in [4.69, 9.17) is 0 Å². The number of aromatic amines is 1. The van der Waals surface area contributed by atoms with Gasteiger partial charge in [0, 0.05) is 25.9 Å². The van der Waals surface area contributed by atoms with Gasteiger partial charge in [0.15, 0.2) is 5.65 Å². The monoisotopic (exact) mass is 255 g/mol. The average Bonchev–Trinajstić information content (AvgIpc) is 2.82. The van der Waals surface area contributed by atoms with Crippen molar-refractivity contribution in [3.63, 3.8) is 0 Å². The van der Waals surface area contributed by atoms with E-state index in [2.05, 4.69) is 15.2 Å². The molecule has 0 saturated carbocycles. The molecule has 0 atom stereocenters. The molecule has 0 bridgehead atoms. The first kappa shape index (κ1) is 11.5. The van der Waals surface area contributed by atoms with Crippen molar-refractivity contribution in [1.29, 1.82) is 0 Å². The zero-order valence-electron chi connectivity index (χ0n) is 10.4. The summed E-state index contributed by atoms with van der Waals surface area (Å²) >= 11 is 0. The highest BCUT2D eigenvalue weighted by Gasteiger charge is 2.11. The molecule has 0 aliphatic heterocycles. The summed E-state index contributed by atoms with van der Waals surface area (Å²) in [5.74, 6) is 0.570. The molecule has 2 aromatic heterocycles. The lowest BCUT2D eigenvalue weighted by Crippen LogP contribution is -2.24. The molecule has 19 heavy (non-hydrogen) atoms. The van der Waals surface area contributed by atoms with E-state index in [0.717, 1.165) is 5.56 Å². The van der Waals surface area contributed by atoms with Gasteiger partial charge >= 0.3 is 5.69 Å². The van der Waals surface area contributed by atoms with E-state index < -0.39 is 0 Å². The Hall–Kier alpha value is -2.63. The van der Waals surface area contributed by atoms with E-state index in [9.17, 15) is 4.79 Å². The molecule has 0 fully saturated rings. The predicted octanol–water partition coefficient (Wildman–Crippen LogP) is 1.05. The van der Waals surface area contributed by atoms with Crippen molar-refractivity contribution in [1.82, 2.24) is 19.6 Å². The Morgan fingerprint density at radius 3 is 2.84 bits per heavy atom. The predicted molar refractivity (Wildman–Crippen MR) is 72.2 cm³/mol. The van der Waals surface area contributed by atoms with Crippen LogP contribution in [0.25, 0.3) is 5.65 Å². The number of hydrogen-bond acceptors (Lipinski definition) is 4. The maximum Gasteiger partial charge on any atom is 0.350 e. The van der Waals surface area contributed by atoms with Gasteiger partial charge in [0.25, 0.3) is 0 Å². The molecule has 0 amide bonds. The van der Waals surface area contributed by atoms with Crippen LogP contribution in [-0.4, -0.2) is 26.6 Å². The number of H-pyrrole nitrogens is 1. The minimum atomic E-state index is -0.280. The van der Waals surface area contributed by atoms with E-state index in [0.29, 0.717) is 18.1 Å². The number of fused-ring (bicyclic) bond motifs is 1. The average molecular weight is 255 g/mol. The smallest absolute Gasteiger partial charge is 0.341 e. The molecule has 0 aliphatic carbocycles. The number of nitrogens with zero attached hydrogens (tertiary/aromatic N) is 4. The van der Waals surface area contributed by atoms with Crippen molar-refractivity contribution >= 4 is 11.6 Å². The Morgan fingerprint density at radius 1 is 1.26 bits per heavy atom. The minimum absolute atomic E-state index is 0.280. The Labute approximate surface area is 109 Å². The molecule has 6 nitrogen and oxygen atoms in total. The molecule has 3 rings (SSSR count). The van der Waals surface area contributed by atoms with Crippen LogP contribution in [0.15, 0.2) is 47.4 Å². The molecular weight excluding hydrogens is 242 g/mol. The van der Waals surface area contributed by atoms with Gasteiger partial charge in [-0.25, -0.2) is 19.3 Å². The summed E-state index contributed by atoms with van der Waals surface area (Å²) in [6.45, 7) is 0.671. The third-order valence-corrected chi connectivity index (χ3v) is 2.92. The molecule has 0 unspecified atom stereocenters. The Bertz CT molecular complexity index is 746. The van der Waals surface area contributed by atoms with Crippen molar-refractivity contribution < 1.29 is 0 Å². The highest BCUT2D eigenvalue weighted by molar-refractivity contribution is 5.44. The third-order valence-electron chi connectivity index (χ3n) is 2.92. The Morgan fingerprint density at radius 2 is 2.05 bits per heavy atom. The first-order valence-corrected chi connectivity index (χ1v) is 5.93. The maximum absolute atomic E-state index is 11.7. The van der Waals surface area contributed by atoms with Gasteiger partial charge in [0.1, 0.15) is 0 Å². The third kappa shape index (κ3) is 2.08. The van der Waals surface area contributed by atoms with Crippen LogP contribution in [0.5, 0.6) is 0 Å². The molecule has 0 aliphatic rings. The molecule has 3 aromatic rings. The number of anilines is 1. The number of aromatic nitrogens is 4. The van der Waals surface area contributed by atoms with Crippen LogP contribution >= 0.6 is 0 Å². The van der Waals surface area contributed by atoms with Crippen LogP contribution in [-0.2, 0) is 6.54 Å². The van der Waals surface area contributed by atoms with Gasteiger partial charge in [-0.3, -0.25) is 0 Å². The van der Waals surface area contributed by atoms with Crippen molar-refractivity contribution in [2.45, 2.75) is 6.54 Å². The van der Waals surface area contributed by atoms with Gasteiger partial charge in [0.05, 0.1) is 0 Å². The van der Waals surface area contributed by atoms with E-state index in [1.165, 1.54) is 4.40 Å². The number of rotatable bonds is 3. The molecule has 2 heterocycles. The van der Waals surface area contributed by atoms with Crippen molar-refractivity contribution in [2.75, 3.05) is 11.9 Å². The maximum atomic E-state index is 11.7. The van der Waals surface area contributed by atoms with E-state index in [1.807, 2.05) is 42.3 Å². The highest BCUT2D eigenvalue weighted by atomic mass is 16.1. The summed E-state index contributed by atoms with van der Waals surface area (Å²) in [6.07, 6.45) is 1.65. The normalized spacial score (nSPS) is 10.8. The number of nitrogens with one attached hydrogen (secondary N) is 1. The van der Waals surface area contributed by atoms with Crippen molar-refractivity contribution in [2.24, 2.45) is 0 Å². The highest BCUT2D eigenvalue weighted by Crippen LogP contribution is 2.12. The molecule has 6 heteroatoms. The molecule has 0 saturated heterocycles. The molecular formula is C13H13N5O. The summed E-state index contributed by atoms with van der Waals surface area (Å²) < 4.78 is 1.46. The topological polar surface area (TPSA) is 66.3 Å². The van der Waals surface area contributed by atoms with E-state index in [1.54, 1.807) is 12.3 Å². The van der Waals surface area contributed by atoms with Crippen LogP contribution in [0.2, 0.25) is 0 Å². The lowest BCUT2D eigenvalue weighted by molar-refractivity contribution is 0.838. The van der Waals surface area contributed by atoms with Gasteiger partial charge in [-0.2, -0.15) is 5.10 Å². The van der Waals surface area contributed by atoms with Crippen LogP contribution in [0.4, 0.5) is 5.95 Å². The number of hydrogen-bond donors (Lipinski definition) is 1.